The molecule has 0 aliphatic carbocycles. The van der Waals surface area contributed by atoms with Crippen molar-refractivity contribution in [2.75, 3.05) is 19.6 Å². The predicted molar refractivity (Wildman–Crippen MR) is 49.0 cm³/mol. The van der Waals surface area contributed by atoms with E-state index in [-0.39, 0.29) is 0 Å². The van der Waals surface area contributed by atoms with Crippen LogP contribution in [0.2, 0.25) is 0 Å². The maximum absolute atomic E-state index is 11.5. The van der Waals surface area contributed by atoms with E-state index in [1.807, 2.05) is 4.90 Å². The average molecular weight is 170 g/mol. The van der Waals surface area contributed by atoms with Crippen LogP contribution in [0.3, 0.4) is 0 Å². The zero-order chi connectivity index (χ0) is 8.97. The molecule has 0 aromatic heterocycles. The van der Waals surface area contributed by atoms with Crippen LogP contribution < -0.4 is 5.32 Å². The van der Waals surface area contributed by atoms with Crippen molar-refractivity contribution in [3.05, 3.63) is 0 Å². The van der Waals surface area contributed by atoms with Gasteiger partial charge in [-0.15, -0.1) is 0 Å². The van der Waals surface area contributed by atoms with Crippen LogP contribution in [0.1, 0.15) is 26.7 Å². The second-order valence-corrected chi connectivity index (χ2v) is 3.34. The molecule has 3 heteroatoms. The Morgan fingerprint density at radius 1 is 1.58 bits per heavy atom. The molecule has 1 amide bonds. The molecule has 1 aliphatic rings. The highest BCUT2D eigenvalue weighted by molar-refractivity contribution is 5.76. The van der Waals surface area contributed by atoms with Crippen LogP contribution in [0.15, 0.2) is 0 Å². The maximum Gasteiger partial charge on any atom is 0.224 e. The van der Waals surface area contributed by atoms with E-state index in [2.05, 4.69) is 19.2 Å². The number of nitrogens with zero attached hydrogens (tertiary/aromatic N) is 1. The average Bonchev–Trinajstić information content (AvgIpc) is 2.28. The smallest absolute Gasteiger partial charge is 0.224 e. The fraction of sp³-hybridized carbons (Fsp3) is 0.889. The Morgan fingerprint density at radius 2 is 2.33 bits per heavy atom. The SMILES string of the molecule is CCC(C)N1CCNCCC1=O. The van der Waals surface area contributed by atoms with Crippen molar-refractivity contribution in [2.45, 2.75) is 32.7 Å². The normalized spacial score (nSPS) is 22.2. The van der Waals surface area contributed by atoms with E-state index in [4.69, 9.17) is 0 Å². The largest absolute Gasteiger partial charge is 0.339 e. The van der Waals surface area contributed by atoms with Gasteiger partial charge in [0.15, 0.2) is 0 Å². The molecule has 0 aromatic carbocycles. The molecule has 1 heterocycles. The Morgan fingerprint density at radius 3 is 3.00 bits per heavy atom. The zero-order valence-electron chi connectivity index (χ0n) is 7.97. The lowest BCUT2D eigenvalue weighted by Crippen LogP contribution is -2.39. The lowest BCUT2D eigenvalue weighted by Gasteiger charge is -2.26. The first-order valence-corrected chi connectivity index (χ1v) is 4.76. The van der Waals surface area contributed by atoms with E-state index in [9.17, 15) is 4.79 Å². The monoisotopic (exact) mass is 170 g/mol. The number of rotatable bonds is 2. The molecular weight excluding hydrogens is 152 g/mol. The molecule has 3 nitrogen and oxygen atoms in total. The molecule has 1 fully saturated rings. The van der Waals surface area contributed by atoms with Crippen molar-refractivity contribution in [2.24, 2.45) is 0 Å². The molecule has 1 atom stereocenters. The third-order valence-corrected chi connectivity index (χ3v) is 2.49. The minimum Gasteiger partial charge on any atom is -0.339 e. The molecule has 0 radical (unpaired) electrons. The first-order valence-electron chi connectivity index (χ1n) is 4.76. The van der Waals surface area contributed by atoms with Gasteiger partial charge in [0.2, 0.25) is 5.91 Å². The number of amides is 1. The number of hydrogen-bond donors (Lipinski definition) is 1. The molecule has 0 saturated carbocycles. The van der Waals surface area contributed by atoms with E-state index < -0.39 is 0 Å². The summed E-state index contributed by atoms with van der Waals surface area (Å²) in [6, 6.07) is 0.400. The van der Waals surface area contributed by atoms with E-state index in [0.717, 1.165) is 26.1 Å². The van der Waals surface area contributed by atoms with Crippen LogP contribution in [0.5, 0.6) is 0 Å². The van der Waals surface area contributed by atoms with Gasteiger partial charge in [-0.1, -0.05) is 6.92 Å². The van der Waals surface area contributed by atoms with Crippen LogP contribution in [-0.4, -0.2) is 36.5 Å². The van der Waals surface area contributed by atoms with Gasteiger partial charge in [-0.05, 0) is 13.3 Å². The molecule has 1 aliphatic heterocycles. The molecule has 1 rings (SSSR count). The molecule has 1 saturated heterocycles. The summed E-state index contributed by atoms with van der Waals surface area (Å²) in [6.45, 7) is 6.88. The summed E-state index contributed by atoms with van der Waals surface area (Å²) < 4.78 is 0. The maximum atomic E-state index is 11.5. The van der Waals surface area contributed by atoms with Crippen LogP contribution in [0, 0.1) is 0 Å². The fourth-order valence-electron chi connectivity index (χ4n) is 1.47. The summed E-state index contributed by atoms with van der Waals surface area (Å²) in [6.07, 6.45) is 1.70. The Bertz CT molecular complexity index is 159. The summed E-state index contributed by atoms with van der Waals surface area (Å²) in [5.41, 5.74) is 0. The van der Waals surface area contributed by atoms with Crippen LogP contribution in [0.25, 0.3) is 0 Å². The van der Waals surface area contributed by atoms with E-state index in [1.54, 1.807) is 0 Å². The van der Waals surface area contributed by atoms with Crippen molar-refractivity contribution in [1.29, 1.82) is 0 Å². The van der Waals surface area contributed by atoms with Crippen molar-refractivity contribution >= 4 is 5.91 Å². The highest BCUT2D eigenvalue weighted by Crippen LogP contribution is 2.06. The summed E-state index contributed by atoms with van der Waals surface area (Å²) in [5, 5.41) is 3.22. The second-order valence-electron chi connectivity index (χ2n) is 3.34. The highest BCUT2D eigenvalue weighted by Gasteiger charge is 2.19. The lowest BCUT2D eigenvalue weighted by atomic mass is 10.2. The number of carbonyl (C=O) groups excluding carboxylic acids is 1. The van der Waals surface area contributed by atoms with Gasteiger partial charge in [0.1, 0.15) is 0 Å². The Hall–Kier alpha value is -0.570. The van der Waals surface area contributed by atoms with Gasteiger partial charge in [-0.25, -0.2) is 0 Å². The quantitative estimate of drug-likeness (QED) is 0.658. The summed E-state index contributed by atoms with van der Waals surface area (Å²) >= 11 is 0. The van der Waals surface area contributed by atoms with Gasteiger partial charge in [0.05, 0.1) is 0 Å². The minimum atomic E-state index is 0.300. The third kappa shape index (κ3) is 2.21. The second kappa shape index (κ2) is 4.45. The van der Waals surface area contributed by atoms with Crippen molar-refractivity contribution in [1.82, 2.24) is 10.2 Å². The van der Waals surface area contributed by atoms with E-state index >= 15 is 0 Å². The number of hydrogen-bond acceptors (Lipinski definition) is 2. The zero-order valence-corrected chi connectivity index (χ0v) is 7.97. The van der Waals surface area contributed by atoms with Crippen molar-refractivity contribution < 1.29 is 4.79 Å². The van der Waals surface area contributed by atoms with Gasteiger partial charge >= 0.3 is 0 Å². The first kappa shape index (κ1) is 9.52. The molecule has 0 bridgehead atoms. The molecule has 70 valence electrons. The summed E-state index contributed by atoms with van der Waals surface area (Å²) in [4.78, 5) is 13.5. The number of carbonyl (C=O) groups is 1. The fourth-order valence-corrected chi connectivity index (χ4v) is 1.47. The molecule has 0 aromatic rings. The van der Waals surface area contributed by atoms with Crippen LogP contribution in [0.4, 0.5) is 0 Å². The van der Waals surface area contributed by atoms with Gasteiger partial charge in [0.25, 0.3) is 0 Å². The summed E-state index contributed by atoms with van der Waals surface area (Å²) in [7, 11) is 0. The Balaban J connectivity index is 2.52. The predicted octanol–water partition coefficient (Wildman–Crippen LogP) is 0.607. The van der Waals surface area contributed by atoms with Gasteiger partial charge in [-0.2, -0.15) is 0 Å². The molecular formula is C9H18N2O. The van der Waals surface area contributed by atoms with Crippen molar-refractivity contribution in [3.63, 3.8) is 0 Å². The van der Waals surface area contributed by atoms with Gasteiger partial charge < -0.3 is 10.2 Å². The highest BCUT2D eigenvalue weighted by atomic mass is 16.2. The van der Waals surface area contributed by atoms with Crippen molar-refractivity contribution in [3.8, 4) is 0 Å². The minimum absolute atomic E-state index is 0.300. The van der Waals surface area contributed by atoms with Gasteiger partial charge in [0, 0.05) is 32.1 Å². The van der Waals surface area contributed by atoms with Gasteiger partial charge in [-0.3, -0.25) is 4.79 Å². The van der Waals surface area contributed by atoms with E-state index in [0.29, 0.717) is 18.4 Å². The Kier molecular flexibility index (Phi) is 3.53. The summed E-state index contributed by atoms with van der Waals surface area (Å²) in [5.74, 6) is 0.300. The lowest BCUT2D eigenvalue weighted by molar-refractivity contribution is -0.132. The molecule has 1 unspecified atom stereocenters. The Labute approximate surface area is 74.1 Å². The molecule has 12 heavy (non-hydrogen) atoms. The number of nitrogens with one attached hydrogen (secondary N) is 1. The first-order chi connectivity index (χ1) is 5.75. The topological polar surface area (TPSA) is 32.3 Å². The standard InChI is InChI=1S/C9H18N2O/c1-3-8(2)11-7-6-10-5-4-9(11)12/h8,10H,3-7H2,1-2H3. The molecule has 0 spiro atoms. The molecule has 1 N–H and O–H groups in total. The van der Waals surface area contributed by atoms with E-state index in [1.165, 1.54) is 0 Å². The van der Waals surface area contributed by atoms with Crippen LogP contribution >= 0.6 is 0 Å². The third-order valence-electron chi connectivity index (χ3n) is 2.49. The van der Waals surface area contributed by atoms with Crippen LogP contribution in [-0.2, 0) is 4.79 Å².